The van der Waals surface area contributed by atoms with Crippen molar-refractivity contribution in [3.05, 3.63) is 29.3 Å². The maximum atomic E-state index is 11.8. The third-order valence-corrected chi connectivity index (χ3v) is 5.54. The summed E-state index contributed by atoms with van der Waals surface area (Å²) in [5, 5.41) is 0.638. The minimum absolute atomic E-state index is 0.0251. The van der Waals surface area contributed by atoms with Crippen molar-refractivity contribution in [2.45, 2.75) is 38.6 Å². The summed E-state index contributed by atoms with van der Waals surface area (Å²) >= 11 is 5.93. The third kappa shape index (κ3) is 5.16. The van der Waals surface area contributed by atoms with Gasteiger partial charge in [0.2, 0.25) is 10.0 Å². The van der Waals surface area contributed by atoms with E-state index in [0.717, 1.165) is 31.4 Å². The van der Waals surface area contributed by atoms with E-state index >= 15 is 0 Å². The Balaban J connectivity index is 1.96. The van der Waals surface area contributed by atoms with Crippen molar-refractivity contribution in [2.75, 3.05) is 12.4 Å². The highest BCUT2D eigenvalue weighted by atomic mass is 35.5. The van der Waals surface area contributed by atoms with Gasteiger partial charge in [0.05, 0.1) is 12.4 Å². The lowest BCUT2D eigenvalue weighted by atomic mass is 9.86. The SMILES string of the molecule is CCS(=O)(=O)N[C@@H]1CCCC[C@H]1COc1cccc(Cl)c1. The summed E-state index contributed by atoms with van der Waals surface area (Å²) in [7, 11) is -3.17. The van der Waals surface area contributed by atoms with E-state index in [-0.39, 0.29) is 17.7 Å². The standard InChI is InChI=1S/C15H22ClNO3S/c1-2-21(18,19)17-15-9-4-3-6-12(15)11-20-14-8-5-7-13(16)10-14/h5,7-8,10,12,15,17H,2-4,6,9,11H2,1H3/t12-,15+/m0/s1. The van der Waals surface area contributed by atoms with Gasteiger partial charge in [-0.15, -0.1) is 0 Å². The molecule has 1 fully saturated rings. The van der Waals surface area contributed by atoms with Gasteiger partial charge in [-0.25, -0.2) is 13.1 Å². The van der Waals surface area contributed by atoms with Crippen LogP contribution in [0.25, 0.3) is 0 Å². The zero-order chi connectivity index (χ0) is 15.3. The van der Waals surface area contributed by atoms with Crippen molar-refractivity contribution < 1.29 is 13.2 Å². The zero-order valence-corrected chi connectivity index (χ0v) is 13.8. The number of benzene rings is 1. The Labute approximate surface area is 131 Å². The number of halogens is 1. The van der Waals surface area contributed by atoms with Crippen molar-refractivity contribution in [2.24, 2.45) is 5.92 Å². The number of hydrogen-bond acceptors (Lipinski definition) is 3. The molecule has 1 saturated carbocycles. The van der Waals surface area contributed by atoms with E-state index in [9.17, 15) is 8.42 Å². The number of ether oxygens (including phenoxy) is 1. The molecule has 2 rings (SSSR count). The first-order chi connectivity index (χ1) is 10.00. The van der Waals surface area contributed by atoms with Gasteiger partial charge in [-0.3, -0.25) is 0 Å². The average Bonchev–Trinajstić information content (AvgIpc) is 2.46. The first-order valence-electron chi connectivity index (χ1n) is 7.38. The predicted molar refractivity (Wildman–Crippen MR) is 85.3 cm³/mol. The molecule has 1 aliphatic rings. The van der Waals surface area contributed by atoms with E-state index in [1.165, 1.54) is 0 Å². The van der Waals surface area contributed by atoms with Crippen LogP contribution in [0, 0.1) is 5.92 Å². The van der Waals surface area contributed by atoms with Gasteiger partial charge in [-0.1, -0.05) is 30.5 Å². The Hall–Kier alpha value is -0.780. The fourth-order valence-corrected chi connectivity index (χ4v) is 3.75. The van der Waals surface area contributed by atoms with Gasteiger partial charge in [0.1, 0.15) is 5.75 Å². The van der Waals surface area contributed by atoms with E-state index in [2.05, 4.69) is 4.72 Å². The highest BCUT2D eigenvalue weighted by Gasteiger charge is 2.28. The molecule has 1 N–H and O–H groups in total. The highest BCUT2D eigenvalue weighted by Crippen LogP contribution is 2.26. The van der Waals surface area contributed by atoms with Crippen LogP contribution < -0.4 is 9.46 Å². The second-order valence-corrected chi connectivity index (χ2v) is 7.92. The summed E-state index contributed by atoms with van der Waals surface area (Å²) in [4.78, 5) is 0. The molecule has 0 unspecified atom stereocenters. The zero-order valence-electron chi connectivity index (χ0n) is 12.2. The van der Waals surface area contributed by atoms with Gasteiger partial charge >= 0.3 is 0 Å². The molecule has 4 nitrogen and oxygen atoms in total. The molecular formula is C15H22ClNO3S. The molecule has 6 heteroatoms. The number of nitrogens with one attached hydrogen (secondary N) is 1. The van der Waals surface area contributed by atoms with Crippen LogP contribution in [0.3, 0.4) is 0 Å². The van der Waals surface area contributed by atoms with Crippen LogP contribution in [0.1, 0.15) is 32.6 Å². The molecule has 1 aromatic carbocycles. The van der Waals surface area contributed by atoms with Crippen molar-refractivity contribution in [3.8, 4) is 5.75 Å². The quantitative estimate of drug-likeness (QED) is 0.870. The largest absolute Gasteiger partial charge is 0.493 e. The molecule has 1 aliphatic carbocycles. The summed E-state index contributed by atoms with van der Waals surface area (Å²) in [6.45, 7) is 2.17. The molecule has 0 heterocycles. The summed E-state index contributed by atoms with van der Waals surface area (Å²) in [6, 6.07) is 7.25. The van der Waals surface area contributed by atoms with E-state index < -0.39 is 10.0 Å². The summed E-state index contributed by atoms with van der Waals surface area (Å²) < 4.78 is 32.1. The molecule has 0 aliphatic heterocycles. The molecule has 2 atom stereocenters. The lowest BCUT2D eigenvalue weighted by Crippen LogP contribution is -2.44. The molecule has 118 valence electrons. The van der Waals surface area contributed by atoms with Crippen LogP contribution in [0.4, 0.5) is 0 Å². The summed E-state index contributed by atoms with van der Waals surface area (Å²) in [5.74, 6) is 1.05. The van der Waals surface area contributed by atoms with E-state index in [1.807, 2.05) is 12.1 Å². The molecule has 0 spiro atoms. The van der Waals surface area contributed by atoms with Crippen molar-refractivity contribution in [3.63, 3.8) is 0 Å². The normalized spacial score (nSPS) is 23.0. The number of hydrogen-bond donors (Lipinski definition) is 1. The van der Waals surface area contributed by atoms with E-state index in [0.29, 0.717) is 11.6 Å². The number of sulfonamides is 1. The Kier molecular flexibility index (Phi) is 5.90. The first-order valence-corrected chi connectivity index (χ1v) is 9.41. The molecule has 1 aromatic rings. The van der Waals surface area contributed by atoms with Crippen LogP contribution >= 0.6 is 11.6 Å². The second kappa shape index (κ2) is 7.47. The third-order valence-electron chi connectivity index (χ3n) is 3.88. The van der Waals surface area contributed by atoms with Gasteiger partial charge in [-0.2, -0.15) is 0 Å². The topological polar surface area (TPSA) is 55.4 Å². The number of rotatable bonds is 6. The first kappa shape index (κ1) is 16.6. The maximum Gasteiger partial charge on any atom is 0.211 e. The van der Waals surface area contributed by atoms with Gasteiger partial charge < -0.3 is 4.74 Å². The van der Waals surface area contributed by atoms with E-state index in [1.54, 1.807) is 19.1 Å². The van der Waals surface area contributed by atoms with Gasteiger partial charge in [-0.05, 0) is 38.0 Å². The van der Waals surface area contributed by atoms with Crippen LogP contribution in [0.5, 0.6) is 5.75 Å². The average molecular weight is 332 g/mol. The molecule has 0 amide bonds. The van der Waals surface area contributed by atoms with Crippen molar-refractivity contribution in [1.82, 2.24) is 4.72 Å². The monoisotopic (exact) mass is 331 g/mol. The van der Waals surface area contributed by atoms with Crippen LogP contribution in [0.2, 0.25) is 5.02 Å². The Morgan fingerprint density at radius 1 is 1.33 bits per heavy atom. The molecular weight excluding hydrogens is 310 g/mol. The van der Waals surface area contributed by atoms with Gasteiger partial charge in [0.15, 0.2) is 0 Å². The predicted octanol–water partition coefficient (Wildman–Crippen LogP) is 3.22. The summed E-state index contributed by atoms with van der Waals surface area (Å²) in [5.41, 5.74) is 0. The Morgan fingerprint density at radius 2 is 2.10 bits per heavy atom. The second-order valence-electron chi connectivity index (χ2n) is 5.44. The van der Waals surface area contributed by atoms with Gasteiger partial charge in [0, 0.05) is 17.0 Å². The maximum absolute atomic E-state index is 11.8. The molecule has 21 heavy (non-hydrogen) atoms. The van der Waals surface area contributed by atoms with Crippen LogP contribution in [-0.2, 0) is 10.0 Å². The summed E-state index contributed by atoms with van der Waals surface area (Å²) in [6.07, 6.45) is 4.04. The van der Waals surface area contributed by atoms with Crippen molar-refractivity contribution >= 4 is 21.6 Å². The van der Waals surface area contributed by atoms with Crippen molar-refractivity contribution in [1.29, 1.82) is 0 Å². The Morgan fingerprint density at radius 3 is 2.81 bits per heavy atom. The fraction of sp³-hybridized carbons (Fsp3) is 0.600. The van der Waals surface area contributed by atoms with E-state index in [4.69, 9.17) is 16.3 Å². The highest BCUT2D eigenvalue weighted by molar-refractivity contribution is 7.89. The van der Waals surface area contributed by atoms with Crippen LogP contribution in [0.15, 0.2) is 24.3 Å². The Bertz CT molecular complexity index is 562. The smallest absolute Gasteiger partial charge is 0.211 e. The van der Waals surface area contributed by atoms with Gasteiger partial charge in [0.25, 0.3) is 0 Å². The molecule has 0 bridgehead atoms. The minimum Gasteiger partial charge on any atom is -0.493 e. The lowest BCUT2D eigenvalue weighted by molar-refractivity contribution is 0.180. The van der Waals surface area contributed by atoms with Crippen LogP contribution in [-0.4, -0.2) is 26.8 Å². The lowest BCUT2D eigenvalue weighted by Gasteiger charge is -2.31. The minimum atomic E-state index is -3.17. The fourth-order valence-electron chi connectivity index (χ4n) is 2.64. The molecule has 0 saturated heterocycles. The molecule has 0 radical (unpaired) electrons. The molecule has 0 aromatic heterocycles.